The van der Waals surface area contributed by atoms with Crippen LogP contribution in [0.1, 0.15) is 24.3 Å². The average Bonchev–Trinajstić information content (AvgIpc) is 3.13. The van der Waals surface area contributed by atoms with E-state index in [1.807, 2.05) is 6.07 Å². The standard InChI is InChI=1S/C12H15ClN2O/c13-11-7-10(9-1-2-9)8-12(14-11)15-3-5-16-6-4-15/h7-9H,1-6H2. The second-order valence-corrected chi connectivity index (χ2v) is 4.84. The van der Waals surface area contributed by atoms with E-state index in [2.05, 4.69) is 16.0 Å². The summed E-state index contributed by atoms with van der Waals surface area (Å²) in [5, 5.41) is 0.617. The maximum Gasteiger partial charge on any atom is 0.131 e. The molecule has 1 aliphatic carbocycles. The molecule has 0 radical (unpaired) electrons. The van der Waals surface area contributed by atoms with Crippen LogP contribution in [0, 0.1) is 0 Å². The molecule has 4 heteroatoms. The highest BCUT2D eigenvalue weighted by Crippen LogP contribution is 2.41. The second kappa shape index (κ2) is 4.22. The molecule has 0 atom stereocenters. The highest BCUT2D eigenvalue weighted by Gasteiger charge is 2.25. The van der Waals surface area contributed by atoms with Gasteiger partial charge in [0.1, 0.15) is 11.0 Å². The fourth-order valence-electron chi connectivity index (χ4n) is 2.11. The van der Waals surface area contributed by atoms with Crippen LogP contribution in [0.3, 0.4) is 0 Å². The number of morpholine rings is 1. The Morgan fingerprint density at radius 3 is 2.69 bits per heavy atom. The fraction of sp³-hybridized carbons (Fsp3) is 0.583. The van der Waals surface area contributed by atoms with E-state index in [-0.39, 0.29) is 0 Å². The van der Waals surface area contributed by atoms with E-state index in [0.717, 1.165) is 38.0 Å². The lowest BCUT2D eigenvalue weighted by molar-refractivity contribution is 0.122. The number of halogens is 1. The van der Waals surface area contributed by atoms with Gasteiger partial charge in [0.05, 0.1) is 13.2 Å². The van der Waals surface area contributed by atoms with Gasteiger partial charge in [-0.15, -0.1) is 0 Å². The molecule has 0 aromatic carbocycles. The molecule has 3 nitrogen and oxygen atoms in total. The largest absolute Gasteiger partial charge is 0.378 e. The molecule has 1 saturated heterocycles. The van der Waals surface area contributed by atoms with Crippen LogP contribution in [-0.4, -0.2) is 31.3 Å². The van der Waals surface area contributed by atoms with Gasteiger partial charge in [-0.05, 0) is 36.5 Å². The van der Waals surface area contributed by atoms with Gasteiger partial charge in [-0.25, -0.2) is 4.98 Å². The summed E-state index contributed by atoms with van der Waals surface area (Å²) in [5.74, 6) is 1.73. The third-order valence-corrected chi connectivity index (χ3v) is 3.38. The van der Waals surface area contributed by atoms with Crippen LogP contribution in [0.25, 0.3) is 0 Å². The molecule has 2 fully saturated rings. The topological polar surface area (TPSA) is 25.4 Å². The Labute approximate surface area is 100 Å². The number of aromatic nitrogens is 1. The van der Waals surface area contributed by atoms with Crippen LogP contribution in [-0.2, 0) is 4.74 Å². The summed E-state index contributed by atoms with van der Waals surface area (Å²) in [6.45, 7) is 3.40. The maximum absolute atomic E-state index is 6.07. The molecule has 1 saturated carbocycles. The van der Waals surface area contributed by atoms with Gasteiger partial charge in [-0.3, -0.25) is 0 Å². The zero-order valence-electron chi connectivity index (χ0n) is 9.16. The van der Waals surface area contributed by atoms with Gasteiger partial charge < -0.3 is 9.64 Å². The van der Waals surface area contributed by atoms with Crippen LogP contribution < -0.4 is 4.90 Å². The lowest BCUT2D eigenvalue weighted by Gasteiger charge is -2.28. The van der Waals surface area contributed by atoms with Gasteiger partial charge in [0.15, 0.2) is 0 Å². The molecule has 86 valence electrons. The van der Waals surface area contributed by atoms with Crippen molar-refractivity contribution in [2.24, 2.45) is 0 Å². The number of ether oxygens (including phenoxy) is 1. The van der Waals surface area contributed by atoms with E-state index in [0.29, 0.717) is 5.15 Å². The zero-order chi connectivity index (χ0) is 11.0. The second-order valence-electron chi connectivity index (χ2n) is 4.46. The van der Waals surface area contributed by atoms with E-state index in [1.54, 1.807) is 0 Å². The normalized spacial score (nSPS) is 21.2. The lowest BCUT2D eigenvalue weighted by Crippen LogP contribution is -2.36. The van der Waals surface area contributed by atoms with Crippen molar-refractivity contribution in [2.45, 2.75) is 18.8 Å². The molecule has 2 aliphatic rings. The van der Waals surface area contributed by atoms with Gasteiger partial charge in [0.2, 0.25) is 0 Å². The minimum Gasteiger partial charge on any atom is -0.378 e. The molecule has 0 unspecified atom stereocenters. The number of nitrogens with zero attached hydrogens (tertiary/aromatic N) is 2. The van der Waals surface area contributed by atoms with Gasteiger partial charge in [-0.2, -0.15) is 0 Å². The predicted molar refractivity (Wildman–Crippen MR) is 64.3 cm³/mol. The van der Waals surface area contributed by atoms with Gasteiger partial charge in [0.25, 0.3) is 0 Å². The summed E-state index contributed by atoms with van der Waals surface area (Å²) in [5.41, 5.74) is 1.35. The average molecular weight is 239 g/mol. The first-order valence-corrected chi connectivity index (χ1v) is 6.21. The quantitative estimate of drug-likeness (QED) is 0.740. The molecular formula is C12H15ClN2O. The molecule has 0 spiro atoms. The Kier molecular flexibility index (Phi) is 2.74. The molecule has 1 aromatic rings. The van der Waals surface area contributed by atoms with Crippen molar-refractivity contribution >= 4 is 17.4 Å². The van der Waals surface area contributed by atoms with Crippen molar-refractivity contribution in [1.29, 1.82) is 0 Å². The highest BCUT2D eigenvalue weighted by molar-refractivity contribution is 6.29. The summed E-state index contributed by atoms with van der Waals surface area (Å²) in [6.07, 6.45) is 2.59. The van der Waals surface area contributed by atoms with Gasteiger partial charge >= 0.3 is 0 Å². The predicted octanol–water partition coefficient (Wildman–Crippen LogP) is 2.45. The smallest absolute Gasteiger partial charge is 0.131 e. The van der Waals surface area contributed by atoms with Crippen LogP contribution in [0.15, 0.2) is 12.1 Å². The molecule has 1 aliphatic heterocycles. The molecule has 16 heavy (non-hydrogen) atoms. The molecule has 0 amide bonds. The molecule has 2 heterocycles. The zero-order valence-corrected chi connectivity index (χ0v) is 9.91. The SMILES string of the molecule is Clc1cc(C2CC2)cc(N2CCOCC2)n1. The number of hydrogen-bond donors (Lipinski definition) is 0. The first kappa shape index (κ1) is 10.4. The summed E-state index contributed by atoms with van der Waals surface area (Å²) in [7, 11) is 0. The van der Waals surface area contributed by atoms with Crippen LogP contribution in [0.5, 0.6) is 0 Å². The monoisotopic (exact) mass is 238 g/mol. The fourth-order valence-corrected chi connectivity index (χ4v) is 2.32. The number of hydrogen-bond acceptors (Lipinski definition) is 3. The van der Waals surface area contributed by atoms with Crippen LogP contribution >= 0.6 is 11.6 Å². The maximum atomic E-state index is 6.07. The molecular weight excluding hydrogens is 224 g/mol. The number of anilines is 1. The van der Waals surface area contributed by atoms with E-state index in [1.165, 1.54) is 18.4 Å². The van der Waals surface area contributed by atoms with Crippen molar-refractivity contribution in [2.75, 3.05) is 31.2 Å². The lowest BCUT2D eigenvalue weighted by atomic mass is 10.1. The van der Waals surface area contributed by atoms with Crippen molar-refractivity contribution in [3.05, 3.63) is 22.8 Å². The Morgan fingerprint density at radius 1 is 1.25 bits per heavy atom. The van der Waals surface area contributed by atoms with Gasteiger partial charge in [-0.1, -0.05) is 11.6 Å². The van der Waals surface area contributed by atoms with E-state index in [9.17, 15) is 0 Å². The van der Waals surface area contributed by atoms with E-state index < -0.39 is 0 Å². The summed E-state index contributed by atoms with van der Waals surface area (Å²) in [4.78, 5) is 6.65. The van der Waals surface area contributed by atoms with Crippen LogP contribution in [0.2, 0.25) is 5.15 Å². The minimum absolute atomic E-state index is 0.617. The van der Waals surface area contributed by atoms with Crippen molar-refractivity contribution in [1.82, 2.24) is 4.98 Å². The third-order valence-electron chi connectivity index (χ3n) is 3.19. The number of rotatable bonds is 2. The molecule has 1 aromatic heterocycles. The third kappa shape index (κ3) is 2.15. The minimum atomic E-state index is 0.617. The van der Waals surface area contributed by atoms with E-state index in [4.69, 9.17) is 16.3 Å². The van der Waals surface area contributed by atoms with Gasteiger partial charge in [0, 0.05) is 13.1 Å². The highest BCUT2D eigenvalue weighted by atomic mass is 35.5. The first-order valence-electron chi connectivity index (χ1n) is 5.83. The summed E-state index contributed by atoms with van der Waals surface area (Å²) < 4.78 is 5.34. The van der Waals surface area contributed by atoms with Crippen LogP contribution in [0.4, 0.5) is 5.82 Å². The van der Waals surface area contributed by atoms with Crippen molar-refractivity contribution in [3.63, 3.8) is 0 Å². The van der Waals surface area contributed by atoms with Crippen molar-refractivity contribution in [3.8, 4) is 0 Å². The van der Waals surface area contributed by atoms with E-state index >= 15 is 0 Å². The Hall–Kier alpha value is -0.800. The Morgan fingerprint density at radius 2 is 2.00 bits per heavy atom. The summed E-state index contributed by atoms with van der Waals surface area (Å²) in [6, 6.07) is 4.19. The van der Waals surface area contributed by atoms with Crippen molar-refractivity contribution < 1.29 is 4.74 Å². The number of pyridine rings is 1. The Balaban J connectivity index is 1.86. The molecule has 3 rings (SSSR count). The molecule has 0 bridgehead atoms. The Bertz CT molecular complexity index is 387. The molecule has 0 N–H and O–H groups in total. The first-order chi connectivity index (χ1) is 7.83. The summed E-state index contributed by atoms with van der Waals surface area (Å²) >= 11 is 6.07.